The lowest BCUT2D eigenvalue weighted by Crippen LogP contribution is -2.34. The zero-order chi connectivity index (χ0) is 18.9. The molecular formula is C16H15ClN2O5S2. The minimum atomic E-state index is -4.18. The van der Waals surface area contributed by atoms with Crippen molar-refractivity contribution in [1.29, 1.82) is 0 Å². The Balaban J connectivity index is 1.84. The van der Waals surface area contributed by atoms with Crippen LogP contribution in [0.15, 0.2) is 29.2 Å². The van der Waals surface area contributed by atoms with Crippen LogP contribution in [0.25, 0.3) is 0 Å². The molecule has 1 aromatic carbocycles. The summed E-state index contributed by atoms with van der Waals surface area (Å²) in [6.07, 6.45) is 3.23. The van der Waals surface area contributed by atoms with Crippen molar-refractivity contribution < 1.29 is 23.1 Å². The number of rotatable bonds is 4. The quantitative estimate of drug-likeness (QED) is 0.708. The highest BCUT2D eigenvalue weighted by Crippen LogP contribution is 2.38. The van der Waals surface area contributed by atoms with E-state index in [9.17, 15) is 23.1 Å². The van der Waals surface area contributed by atoms with E-state index in [4.69, 9.17) is 11.6 Å². The molecule has 2 aromatic rings. The number of aromatic carboxylic acids is 1. The lowest BCUT2D eigenvalue weighted by molar-refractivity contribution is 0.0697. The molecule has 0 saturated carbocycles. The maximum Gasteiger partial charge on any atom is 0.339 e. The minimum absolute atomic E-state index is 0.0226. The van der Waals surface area contributed by atoms with Crippen LogP contribution in [0.3, 0.4) is 0 Å². The summed E-state index contributed by atoms with van der Waals surface area (Å²) in [5.41, 5.74) is 0.757. The number of anilines is 1. The zero-order valence-corrected chi connectivity index (χ0v) is 15.8. The third kappa shape index (κ3) is 3.69. The van der Waals surface area contributed by atoms with Crippen LogP contribution < -0.4 is 10.0 Å². The van der Waals surface area contributed by atoms with E-state index in [2.05, 4.69) is 5.32 Å². The first kappa shape index (κ1) is 18.7. The molecule has 3 rings (SSSR count). The van der Waals surface area contributed by atoms with E-state index in [0.717, 1.165) is 29.7 Å². The number of carboxylic acids is 1. The molecule has 0 atom stereocenters. The van der Waals surface area contributed by atoms with Gasteiger partial charge in [0.1, 0.15) is 9.90 Å². The topological polar surface area (TPSA) is 113 Å². The van der Waals surface area contributed by atoms with Gasteiger partial charge in [0.2, 0.25) is 0 Å². The number of sulfonamides is 1. The van der Waals surface area contributed by atoms with Gasteiger partial charge >= 0.3 is 12.0 Å². The van der Waals surface area contributed by atoms with Gasteiger partial charge in [0.25, 0.3) is 10.0 Å². The summed E-state index contributed by atoms with van der Waals surface area (Å²) in [7, 11) is -4.18. The van der Waals surface area contributed by atoms with Crippen LogP contribution in [0.2, 0.25) is 5.02 Å². The van der Waals surface area contributed by atoms with Crippen LogP contribution in [0.5, 0.6) is 0 Å². The normalized spacial score (nSPS) is 13.7. The van der Waals surface area contributed by atoms with Crippen molar-refractivity contribution in [3.05, 3.63) is 45.3 Å². The third-order valence-corrected chi connectivity index (χ3v) is 7.00. The molecule has 1 heterocycles. The molecule has 1 aliphatic rings. The molecule has 10 heteroatoms. The van der Waals surface area contributed by atoms with Gasteiger partial charge in [0, 0.05) is 4.88 Å². The molecule has 0 aliphatic heterocycles. The van der Waals surface area contributed by atoms with Gasteiger partial charge in [-0.2, -0.15) is 0 Å². The third-order valence-electron chi connectivity index (χ3n) is 3.97. The monoisotopic (exact) mass is 414 g/mol. The number of urea groups is 1. The molecule has 1 aromatic heterocycles. The van der Waals surface area contributed by atoms with E-state index in [0.29, 0.717) is 6.42 Å². The minimum Gasteiger partial charge on any atom is -0.478 e. The van der Waals surface area contributed by atoms with Crippen molar-refractivity contribution in [2.24, 2.45) is 0 Å². The van der Waals surface area contributed by atoms with Crippen LogP contribution in [-0.4, -0.2) is 25.5 Å². The average molecular weight is 415 g/mol. The van der Waals surface area contributed by atoms with Crippen molar-refractivity contribution in [2.45, 2.75) is 30.6 Å². The number of aryl methyl sites for hydroxylation is 1. The molecule has 3 N–H and O–H groups in total. The predicted molar refractivity (Wildman–Crippen MR) is 98.7 cm³/mol. The van der Waals surface area contributed by atoms with Crippen molar-refractivity contribution >= 4 is 50.0 Å². The van der Waals surface area contributed by atoms with Gasteiger partial charge in [-0.3, -0.25) is 5.32 Å². The Hall–Kier alpha value is -2.10. The Kier molecular flexibility index (Phi) is 5.22. The Morgan fingerprint density at radius 2 is 1.85 bits per heavy atom. The number of benzene rings is 1. The Bertz CT molecular complexity index is 985. The largest absolute Gasteiger partial charge is 0.478 e. The van der Waals surface area contributed by atoms with E-state index in [-0.39, 0.29) is 20.5 Å². The van der Waals surface area contributed by atoms with Crippen LogP contribution in [0, 0.1) is 0 Å². The molecule has 0 saturated heterocycles. The standard InChI is InChI=1S/C16H15ClN2O5S2/c17-10-6-2-4-8-12(10)26(23,24)19-16(22)18-14-13(15(20)21)9-5-1-3-7-11(9)25-14/h2,4,6,8H,1,3,5,7H2,(H,20,21)(H2,18,19,22). The number of hydrogen-bond acceptors (Lipinski definition) is 5. The molecule has 26 heavy (non-hydrogen) atoms. The maximum absolute atomic E-state index is 12.3. The Morgan fingerprint density at radius 3 is 2.54 bits per heavy atom. The first-order chi connectivity index (χ1) is 12.3. The number of halogens is 1. The molecule has 7 nitrogen and oxygen atoms in total. The van der Waals surface area contributed by atoms with Gasteiger partial charge in [-0.25, -0.2) is 22.7 Å². The second kappa shape index (κ2) is 7.26. The van der Waals surface area contributed by atoms with E-state index < -0.39 is 22.0 Å². The fourth-order valence-corrected chi connectivity index (χ4v) is 5.55. The van der Waals surface area contributed by atoms with Crippen LogP contribution in [-0.2, 0) is 22.9 Å². The van der Waals surface area contributed by atoms with E-state index in [1.807, 2.05) is 4.72 Å². The summed E-state index contributed by atoms with van der Waals surface area (Å²) >= 11 is 7.03. The van der Waals surface area contributed by atoms with Gasteiger partial charge in [0.05, 0.1) is 10.6 Å². The second-order valence-corrected chi connectivity index (χ2v) is 8.87. The molecule has 0 bridgehead atoms. The van der Waals surface area contributed by atoms with Gasteiger partial charge in [-0.05, 0) is 43.4 Å². The summed E-state index contributed by atoms with van der Waals surface area (Å²) in [4.78, 5) is 24.4. The molecule has 2 amide bonds. The highest BCUT2D eigenvalue weighted by molar-refractivity contribution is 7.90. The Morgan fingerprint density at radius 1 is 1.15 bits per heavy atom. The number of thiophene rings is 1. The number of carbonyl (C=O) groups excluding carboxylic acids is 1. The SMILES string of the molecule is O=C(Nc1sc2c(c1C(=O)O)CCCC2)NS(=O)(=O)c1ccccc1Cl. The summed E-state index contributed by atoms with van der Waals surface area (Å²) in [6, 6.07) is 4.67. The number of carbonyl (C=O) groups is 2. The zero-order valence-electron chi connectivity index (χ0n) is 13.4. The number of hydrogen-bond donors (Lipinski definition) is 3. The van der Waals surface area contributed by atoms with Crippen LogP contribution >= 0.6 is 22.9 Å². The van der Waals surface area contributed by atoms with Gasteiger partial charge in [-0.1, -0.05) is 23.7 Å². The average Bonchev–Trinajstić information content (AvgIpc) is 2.92. The van der Waals surface area contributed by atoms with E-state index in [1.165, 1.54) is 29.5 Å². The Labute approximate surface area is 159 Å². The summed E-state index contributed by atoms with van der Waals surface area (Å²) in [5, 5.41) is 11.9. The maximum atomic E-state index is 12.3. The van der Waals surface area contributed by atoms with Gasteiger partial charge in [-0.15, -0.1) is 11.3 Å². The highest BCUT2D eigenvalue weighted by Gasteiger charge is 2.27. The molecule has 0 fully saturated rings. The van der Waals surface area contributed by atoms with Crippen molar-refractivity contribution in [3.63, 3.8) is 0 Å². The molecule has 138 valence electrons. The fourth-order valence-electron chi connectivity index (χ4n) is 2.85. The summed E-state index contributed by atoms with van der Waals surface area (Å²) < 4.78 is 26.5. The first-order valence-electron chi connectivity index (χ1n) is 7.76. The molecule has 0 spiro atoms. The van der Waals surface area contributed by atoms with Crippen LogP contribution in [0.4, 0.5) is 9.80 Å². The van der Waals surface area contributed by atoms with Crippen molar-refractivity contribution in [1.82, 2.24) is 4.72 Å². The lowest BCUT2D eigenvalue weighted by Gasteiger charge is -2.11. The number of carboxylic acid groups (broad SMARTS) is 1. The van der Waals surface area contributed by atoms with E-state index >= 15 is 0 Å². The number of amides is 2. The predicted octanol–water partition coefficient (Wildman–Crippen LogP) is 3.49. The second-order valence-electron chi connectivity index (χ2n) is 5.71. The van der Waals surface area contributed by atoms with Crippen LogP contribution in [0.1, 0.15) is 33.6 Å². The lowest BCUT2D eigenvalue weighted by atomic mass is 9.95. The van der Waals surface area contributed by atoms with Gasteiger partial charge < -0.3 is 5.11 Å². The smallest absolute Gasteiger partial charge is 0.339 e. The highest BCUT2D eigenvalue weighted by atomic mass is 35.5. The van der Waals surface area contributed by atoms with Gasteiger partial charge in [0.15, 0.2) is 0 Å². The van der Waals surface area contributed by atoms with Crippen molar-refractivity contribution in [2.75, 3.05) is 5.32 Å². The molecule has 1 aliphatic carbocycles. The first-order valence-corrected chi connectivity index (χ1v) is 10.4. The summed E-state index contributed by atoms with van der Waals surface area (Å²) in [5.74, 6) is -1.14. The molecule has 0 unspecified atom stereocenters. The van der Waals surface area contributed by atoms with Crippen molar-refractivity contribution in [3.8, 4) is 0 Å². The molecular weight excluding hydrogens is 400 g/mol. The number of fused-ring (bicyclic) bond motifs is 1. The summed E-state index contributed by atoms with van der Waals surface area (Å²) in [6.45, 7) is 0. The molecule has 0 radical (unpaired) electrons. The number of nitrogens with one attached hydrogen (secondary N) is 2. The van der Waals surface area contributed by atoms with E-state index in [1.54, 1.807) is 6.07 Å². The fraction of sp³-hybridized carbons (Fsp3) is 0.250.